The molecule has 0 aliphatic heterocycles. The maximum Gasteiger partial charge on any atom is 0.416 e. The minimum atomic E-state index is -4.39. The number of anilines is 2. The van der Waals surface area contributed by atoms with Gasteiger partial charge in [-0.2, -0.15) is 23.1 Å². The molecular weight excluding hydrogens is 417 g/mol. The van der Waals surface area contributed by atoms with Crippen molar-refractivity contribution < 1.29 is 13.2 Å². The van der Waals surface area contributed by atoms with Crippen molar-refractivity contribution in [3.05, 3.63) is 77.6 Å². The van der Waals surface area contributed by atoms with Crippen LogP contribution in [-0.4, -0.2) is 19.5 Å². The van der Waals surface area contributed by atoms with Crippen LogP contribution in [0.2, 0.25) is 0 Å². The van der Waals surface area contributed by atoms with E-state index in [9.17, 15) is 13.2 Å². The van der Waals surface area contributed by atoms with E-state index in [1.807, 2.05) is 48.7 Å². The maximum absolute atomic E-state index is 13.0. The van der Waals surface area contributed by atoms with Gasteiger partial charge in [0.15, 0.2) is 17.0 Å². The average Bonchev–Trinajstić information content (AvgIpc) is 3.21. The predicted octanol–water partition coefficient (Wildman–Crippen LogP) is 5.65. The molecule has 0 aliphatic carbocycles. The summed E-state index contributed by atoms with van der Waals surface area (Å²) >= 11 is 0. The van der Waals surface area contributed by atoms with Gasteiger partial charge in [-0.3, -0.25) is 0 Å². The molecule has 9 heteroatoms. The summed E-state index contributed by atoms with van der Waals surface area (Å²) in [5.74, 6) is 0.873. The van der Waals surface area contributed by atoms with Crippen molar-refractivity contribution in [2.75, 3.05) is 10.6 Å². The zero-order valence-electron chi connectivity index (χ0n) is 17.7. The number of halogens is 3. The number of aromatic nitrogens is 4. The minimum Gasteiger partial charge on any atom is -0.364 e. The topological polar surface area (TPSA) is 67.7 Å². The van der Waals surface area contributed by atoms with Crippen LogP contribution in [0, 0.1) is 0 Å². The Labute approximate surface area is 183 Å². The van der Waals surface area contributed by atoms with Crippen molar-refractivity contribution >= 4 is 22.9 Å². The number of nitrogens with one attached hydrogen (secondary N) is 2. The third-order valence-corrected chi connectivity index (χ3v) is 4.99. The van der Waals surface area contributed by atoms with E-state index in [0.29, 0.717) is 35.0 Å². The van der Waals surface area contributed by atoms with Crippen LogP contribution in [0.15, 0.2) is 60.9 Å². The molecule has 166 valence electrons. The van der Waals surface area contributed by atoms with Crippen molar-refractivity contribution in [1.82, 2.24) is 19.5 Å². The highest BCUT2D eigenvalue weighted by atomic mass is 19.4. The normalized spacial score (nSPS) is 11.8. The molecule has 0 amide bonds. The number of benzene rings is 2. The van der Waals surface area contributed by atoms with Gasteiger partial charge in [-0.05, 0) is 37.1 Å². The van der Waals surface area contributed by atoms with Gasteiger partial charge in [0.05, 0.1) is 11.9 Å². The molecule has 4 rings (SSSR count). The van der Waals surface area contributed by atoms with Crippen molar-refractivity contribution in [2.45, 2.75) is 39.2 Å². The molecule has 0 saturated carbocycles. The van der Waals surface area contributed by atoms with E-state index in [0.717, 1.165) is 17.7 Å². The molecule has 2 aromatic heterocycles. The molecule has 0 unspecified atom stereocenters. The lowest BCUT2D eigenvalue weighted by Crippen LogP contribution is -2.10. The van der Waals surface area contributed by atoms with Crippen LogP contribution in [-0.2, 0) is 19.3 Å². The van der Waals surface area contributed by atoms with Crippen LogP contribution < -0.4 is 10.6 Å². The van der Waals surface area contributed by atoms with Gasteiger partial charge in [-0.1, -0.05) is 42.5 Å². The zero-order chi connectivity index (χ0) is 22.7. The molecule has 0 bridgehead atoms. The van der Waals surface area contributed by atoms with Gasteiger partial charge in [0.2, 0.25) is 5.95 Å². The maximum atomic E-state index is 13.0. The fourth-order valence-electron chi connectivity index (χ4n) is 3.32. The third-order valence-electron chi connectivity index (χ3n) is 4.99. The fraction of sp³-hybridized carbons (Fsp3) is 0.261. The van der Waals surface area contributed by atoms with Crippen LogP contribution >= 0.6 is 0 Å². The Bertz CT molecular complexity index is 1200. The first-order chi connectivity index (χ1) is 15.3. The summed E-state index contributed by atoms with van der Waals surface area (Å²) in [6, 6.07) is 15.2. The monoisotopic (exact) mass is 440 g/mol. The summed E-state index contributed by atoms with van der Waals surface area (Å²) in [6.45, 7) is 4.75. The first kappa shape index (κ1) is 21.6. The van der Waals surface area contributed by atoms with Crippen LogP contribution in [0.25, 0.3) is 11.2 Å². The first-order valence-corrected chi connectivity index (χ1v) is 10.2. The highest BCUT2D eigenvalue weighted by molar-refractivity contribution is 5.84. The number of fused-ring (bicyclic) bond motifs is 1. The Hall–Kier alpha value is -3.62. The van der Waals surface area contributed by atoms with E-state index >= 15 is 0 Å². The largest absolute Gasteiger partial charge is 0.416 e. The van der Waals surface area contributed by atoms with Gasteiger partial charge in [-0.15, -0.1) is 0 Å². The van der Waals surface area contributed by atoms with E-state index in [1.54, 1.807) is 12.4 Å². The summed E-state index contributed by atoms with van der Waals surface area (Å²) in [5.41, 5.74) is 2.10. The summed E-state index contributed by atoms with van der Waals surface area (Å²) in [4.78, 5) is 13.6. The molecule has 2 heterocycles. The molecule has 0 aliphatic rings. The van der Waals surface area contributed by atoms with Gasteiger partial charge in [0, 0.05) is 19.1 Å². The molecule has 4 aromatic rings. The van der Waals surface area contributed by atoms with Crippen LogP contribution in [0.4, 0.5) is 24.9 Å². The number of nitrogens with zero attached hydrogens (tertiary/aromatic N) is 4. The number of hydrogen-bond acceptors (Lipinski definition) is 5. The zero-order valence-corrected chi connectivity index (χ0v) is 17.7. The van der Waals surface area contributed by atoms with E-state index < -0.39 is 11.7 Å². The quantitative estimate of drug-likeness (QED) is 0.389. The smallest absolute Gasteiger partial charge is 0.364 e. The molecule has 2 N–H and O–H groups in total. The van der Waals surface area contributed by atoms with Crippen molar-refractivity contribution in [2.24, 2.45) is 0 Å². The minimum absolute atomic E-state index is 0.133. The molecule has 2 aromatic carbocycles. The standard InChI is InChI=1S/C23H23F3N6/c1-15(2)32-14-29-19-20(27-13-17-9-6-10-18(11-17)23(24,25)26)30-22(31-21(19)32)28-12-16-7-4-3-5-8-16/h3-11,14-15H,12-13H2,1-2H3,(H2,27,28,30,31). The fourth-order valence-corrected chi connectivity index (χ4v) is 3.32. The molecule has 0 fully saturated rings. The summed E-state index contributed by atoms with van der Waals surface area (Å²) < 4.78 is 41.0. The number of imidazole rings is 1. The molecule has 0 radical (unpaired) electrons. The first-order valence-electron chi connectivity index (χ1n) is 10.2. The average molecular weight is 440 g/mol. The Morgan fingerprint density at radius 2 is 1.62 bits per heavy atom. The highest BCUT2D eigenvalue weighted by Gasteiger charge is 2.30. The molecule has 0 spiro atoms. The van der Waals surface area contributed by atoms with Crippen LogP contribution in [0.5, 0.6) is 0 Å². The lowest BCUT2D eigenvalue weighted by molar-refractivity contribution is -0.137. The van der Waals surface area contributed by atoms with Gasteiger partial charge in [0.1, 0.15) is 0 Å². The van der Waals surface area contributed by atoms with Gasteiger partial charge in [-0.25, -0.2) is 4.98 Å². The molecule has 32 heavy (non-hydrogen) atoms. The third kappa shape index (κ3) is 4.82. The van der Waals surface area contributed by atoms with Crippen LogP contribution in [0.3, 0.4) is 0 Å². The van der Waals surface area contributed by atoms with Gasteiger partial charge in [0.25, 0.3) is 0 Å². The second-order valence-electron chi connectivity index (χ2n) is 7.70. The van der Waals surface area contributed by atoms with Crippen molar-refractivity contribution in [3.8, 4) is 0 Å². The lowest BCUT2D eigenvalue weighted by Gasteiger charge is -2.13. The van der Waals surface area contributed by atoms with Gasteiger partial charge >= 0.3 is 6.18 Å². The van der Waals surface area contributed by atoms with E-state index in [4.69, 9.17) is 0 Å². The Morgan fingerprint density at radius 1 is 0.906 bits per heavy atom. The number of alkyl halides is 3. The summed E-state index contributed by atoms with van der Waals surface area (Å²) in [7, 11) is 0. The summed E-state index contributed by atoms with van der Waals surface area (Å²) in [5, 5.41) is 6.36. The molecule has 0 saturated heterocycles. The number of rotatable bonds is 7. The Balaban J connectivity index is 1.62. The van der Waals surface area contributed by atoms with E-state index in [1.165, 1.54) is 6.07 Å². The lowest BCUT2D eigenvalue weighted by atomic mass is 10.1. The molecular formula is C23H23F3N6. The molecule has 0 atom stereocenters. The van der Waals surface area contributed by atoms with Gasteiger partial charge < -0.3 is 15.2 Å². The Morgan fingerprint density at radius 3 is 2.34 bits per heavy atom. The number of hydrogen-bond donors (Lipinski definition) is 2. The second-order valence-corrected chi connectivity index (χ2v) is 7.70. The SMILES string of the molecule is CC(C)n1cnc2c(NCc3cccc(C(F)(F)F)c3)nc(NCc3ccccc3)nc21. The van der Waals surface area contributed by atoms with Crippen molar-refractivity contribution in [3.63, 3.8) is 0 Å². The second kappa shape index (κ2) is 8.86. The van der Waals surface area contributed by atoms with E-state index in [2.05, 4.69) is 25.6 Å². The van der Waals surface area contributed by atoms with Crippen molar-refractivity contribution in [1.29, 1.82) is 0 Å². The Kier molecular flexibility index (Phi) is 5.98. The molecule has 6 nitrogen and oxygen atoms in total. The predicted molar refractivity (Wildman–Crippen MR) is 118 cm³/mol. The van der Waals surface area contributed by atoms with E-state index in [-0.39, 0.29) is 12.6 Å². The summed E-state index contributed by atoms with van der Waals surface area (Å²) in [6.07, 6.45) is -2.69. The highest BCUT2D eigenvalue weighted by Crippen LogP contribution is 2.30. The van der Waals surface area contributed by atoms with Crippen LogP contribution in [0.1, 0.15) is 36.6 Å².